The molecule has 2 aromatic rings. The number of amides is 1. The second-order valence-electron chi connectivity index (χ2n) is 5.91. The lowest BCUT2D eigenvalue weighted by molar-refractivity contribution is -0.385. The van der Waals surface area contributed by atoms with Crippen LogP contribution in [-0.2, 0) is 0 Å². The standard InChI is InChI=1S/C19H22N2O5/c1-5-26-18-10-14(16(21(23)24)11-17(18)25-4)19(22)20-15-9-7-6-8-13(15)12(2)3/h6-12H,5H2,1-4H3,(H,20,22). The number of para-hydroxylation sites is 1. The molecule has 26 heavy (non-hydrogen) atoms. The molecule has 0 radical (unpaired) electrons. The number of rotatable bonds is 7. The zero-order chi connectivity index (χ0) is 19.3. The summed E-state index contributed by atoms with van der Waals surface area (Å²) < 4.78 is 10.6. The van der Waals surface area contributed by atoms with Crippen molar-refractivity contribution in [3.05, 3.63) is 57.6 Å². The third kappa shape index (κ3) is 4.11. The molecule has 1 amide bonds. The van der Waals surface area contributed by atoms with E-state index in [1.54, 1.807) is 19.1 Å². The van der Waals surface area contributed by atoms with Crippen LogP contribution in [0.1, 0.15) is 42.6 Å². The van der Waals surface area contributed by atoms with E-state index in [9.17, 15) is 14.9 Å². The van der Waals surface area contributed by atoms with E-state index in [1.165, 1.54) is 19.2 Å². The average Bonchev–Trinajstić information content (AvgIpc) is 2.61. The highest BCUT2D eigenvalue weighted by Gasteiger charge is 2.25. The Morgan fingerprint density at radius 3 is 2.50 bits per heavy atom. The molecule has 0 saturated heterocycles. The molecule has 2 aromatic carbocycles. The molecule has 0 bridgehead atoms. The van der Waals surface area contributed by atoms with E-state index in [-0.39, 0.29) is 28.7 Å². The summed E-state index contributed by atoms with van der Waals surface area (Å²) >= 11 is 0. The SMILES string of the molecule is CCOc1cc(C(=O)Nc2ccccc2C(C)C)c([N+](=O)[O-])cc1OC. The molecular formula is C19H22N2O5. The first kappa shape index (κ1) is 19.2. The van der Waals surface area contributed by atoms with Crippen molar-refractivity contribution in [2.45, 2.75) is 26.7 Å². The number of ether oxygens (including phenoxy) is 2. The monoisotopic (exact) mass is 358 g/mol. The summed E-state index contributed by atoms with van der Waals surface area (Å²) in [5.74, 6) is 0.102. The van der Waals surface area contributed by atoms with Crippen LogP contribution in [0, 0.1) is 10.1 Å². The lowest BCUT2D eigenvalue weighted by atomic mass is 10.0. The molecule has 0 atom stereocenters. The number of hydrogen-bond donors (Lipinski definition) is 1. The molecule has 1 N–H and O–H groups in total. The summed E-state index contributed by atoms with van der Waals surface area (Å²) in [5, 5.41) is 14.2. The van der Waals surface area contributed by atoms with Gasteiger partial charge in [0.1, 0.15) is 5.56 Å². The first-order valence-electron chi connectivity index (χ1n) is 8.28. The molecule has 0 aliphatic rings. The number of anilines is 1. The van der Waals surface area contributed by atoms with Crippen LogP contribution in [0.25, 0.3) is 0 Å². The zero-order valence-electron chi connectivity index (χ0n) is 15.2. The Balaban J connectivity index is 2.48. The smallest absolute Gasteiger partial charge is 0.286 e. The average molecular weight is 358 g/mol. The van der Waals surface area contributed by atoms with Crippen molar-refractivity contribution in [2.24, 2.45) is 0 Å². The molecule has 0 spiro atoms. The number of nitrogens with zero attached hydrogens (tertiary/aromatic N) is 1. The molecule has 0 aliphatic heterocycles. The quantitative estimate of drug-likeness (QED) is 0.586. The van der Waals surface area contributed by atoms with E-state index >= 15 is 0 Å². The first-order valence-corrected chi connectivity index (χ1v) is 8.28. The third-order valence-electron chi connectivity index (χ3n) is 3.85. The molecule has 7 nitrogen and oxygen atoms in total. The second-order valence-corrected chi connectivity index (χ2v) is 5.91. The Morgan fingerprint density at radius 2 is 1.92 bits per heavy atom. The third-order valence-corrected chi connectivity index (χ3v) is 3.85. The fraction of sp³-hybridized carbons (Fsp3) is 0.316. The largest absolute Gasteiger partial charge is 0.493 e. The molecule has 0 heterocycles. The van der Waals surface area contributed by atoms with Crippen LogP contribution >= 0.6 is 0 Å². The van der Waals surface area contributed by atoms with Crippen molar-refractivity contribution in [1.29, 1.82) is 0 Å². The van der Waals surface area contributed by atoms with Crippen LogP contribution in [0.5, 0.6) is 11.5 Å². The Labute approximate surface area is 152 Å². The fourth-order valence-electron chi connectivity index (χ4n) is 2.61. The van der Waals surface area contributed by atoms with E-state index < -0.39 is 10.8 Å². The Morgan fingerprint density at radius 1 is 1.23 bits per heavy atom. The first-order chi connectivity index (χ1) is 12.4. The van der Waals surface area contributed by atoms with Gasteiger partial charge in [-0.05, 0) is 24.5 Å². The van der Waals surface area contributed by atoms with Crippen molar-refractivity contribution in [1.82, 2.24) is 0 Å². The highest BCUT2D eigenvalue weighted by Crippen LogP contribution is 2.35. The molecule has 0 fully saturated rings. The number of methoxy groups -OCH3 is 1. The van der Waals surface area contributed by atoms with Gasteiger partial charge in [0.05, 0.1) is 24.7 Å². The zero-order valence-corrected chi connectivity index (χ0v) is 15.2. The van der Waals surface area contributed by atoms with E-state index in [4.69, 9.17) is 9.47 Å². The van der Waals surface area contributed by atoms with Gasteiger partial charge in [0.15, 0.2) is 11.5 Å². The molecule has 0 aromatic heterocycles. The van der Waals surface area contributed by atoms with Crippen molar-refractivity contribution < 1.29 is 19.2 Å². The predicted octanol–water partition coefficient (Wildman–Crippen LogP) is 4.38. The number of benzene rings is 2. The van der Waals surface area contributed by atoms with E-state index in [0.29, 0.717) is 12.3 Å². The minimum atomic E-state index is -0.610. The minimum Gasteiger partial charge on any atom is -0.493 e. The molecule has 2 rings (SSSR count). The van der Waals surface area contributed by atoms with Crippen LogP contribution in [0.2, 0.25) is 0 Å². The molecule has 0 aliphatic carbocycles. The van der Waals surface area contributed by atoms with Gasteiger partial charge in [-0.3, -0.25) is 14.9 Å². The summed E-state index contributed by atoms with van der Waals surface area (Å²) in [5.41, 5.74) is 1.14. The Bertz CT molecular complexity index is 818. The van der Waals surface area contributed by atoms with Crippen LogP contribution in [-0.4, -0.2) is 24.5 Å². The van der Waals surface area contributed by atoms with Gasteiger partial charge in [0.25, 0.3) is 11.6 Å². The Hall–Kier alpha value is -3.09. The van der Waals surface area contributed by atoms with Crippen LogP contribution in [0.15, 0.2) is 36.4 Å². The van der Waals surface area contributed by atoms with Gasteiger partial charge >= 0.3 is 0 Å². The Kier molecular flexibility index (Phi) is 6.16. The summed E-state index contributed by atoms with van der Waals surface area (Å²) in [6.45, 7) is 6.13. The maximum atomic E-state index is 12.8. The highest BCUT2D eigenvalue weighted by molar-refractivity contribution is 6.08. The summed E-state index contributed by atoms with van der Waals surface area (Å²) in [4.78, 5) is 23.6. The normalized spacial score (nSPS) is 10.5. The van der Waals surface area contributed by atoms with Gasteiger partial charge in [0.2, 0.25) is 0 Å². The van der Waals surface area contributed by atoms with Crippen LogP contribution in [0.3, 0.4) is 0 Å². The number of carbonyl (C=O) groups is 1. The number of hydrogen-bond acceptors (Lipinski definition) is 5. The van der Waals surface area contributed by atoms with Crippen molar-refractivity contribution in [3.63, 3.8) is 0 Å². The van der Waals surface area contributed by atoms with E-state index in [1.807, 2.05) is 26.0 Å². The second kappa shape index (κ2) is 8.33. The summed E-state index contributed by atoms with van der Waals surface area (Å²) in [6, 6.07) is 9.91. The van der Waals surface area contributed by atoms with Gasteiger partial charge < -0.3 is 14.8 Å². The topological polar surface area (TPSA) is 90.7 Å². The van der Waals surface area contributed by atoms with Gasteiger partial charge in [-0.1, -0.05) is 32.0 Å². The molecular weight excluding hydrogens is 336 g/mol. The lowest BCUT2D eigenvalue weighted by Gasteiger charge is -2.15. The number of nitro groups is 1. The van der Waals surface area contributed by atoms with Crippen LogP contribution < -0.4 is 14.8 Å². The van der Waals surface area contributed by atoms with Crippen molar-refractivity contribution in [2.75, 3.05) is 19.0 Å². The van der Waals surface area contributed by atoms with E-state index in [0.717, 1.165) is 5.56 Å². The molecule has 7 heteroatoms. The van der Waals surface area contributed by atoms with E-state index in [2.05, 4.69) is 5.32 Å². The van der Waals surface area contributed by atoms with Crippen LogP contribution in [0.4, 0.5) is 11.4 Å². The number of carbonyl (C=O) groups excluding carboxylic acids is 1. The fourth-order valence-corrected chi connectivity index (χ4v) is 2.61. The summed E-state index contributed by atoms with van der Waals surface area (Å²) in [7, 11) is 1.39. The number of nitrogens with one attached hydrogen (secondary N) is 1. The van der Waals surface area contributed by atoms with Crippen molar-refractivity contribution >= 4 is 17.3 Å². The highest BCUT2D eigenvalue weighted by atomic mass is 16.6. The maximum absolute atomic E-state index is 12.8. The van der Waals surface area contributed by atoms with Gasteiger partial charge in [-0.15, -0.1) is 0 Å². The lowest BCUT2D eigenvalue weighted by Crippen LogP contribution is -2.16. The van der Waals surface area contributed by atoms with Gasteiger partial charge in [-0.2, -0.15) is 0 Å². The molecule has 138 valence electrons. The van der Waals surface area contributed by atoms with Crippen molar-refractivity contribution in [3.8, 4) is 11.5 Å². The number of nitro benzene ring substituents is 1. The molecule has 0 unspecified atom stereocenters. The van der Waals surface area contributed by atoms with Gasteiger partial charge in [-0.25, -0.2) is 0 Å². The summed E-state index contributed by atoms with van der Waals surface area (Å²) in [6.07, 6.45) is 0. The minimum absolute atomic E-state index is 0.0854. The van der Waals surface area contributed by atoms with Gasteiger partial charge in [0, 0.05) is 11.8 Å². The molecule has 0 saturated carbocycles. The maximum Gasteiger partial charge on any atom is 0.286 e. The predicted molar refractivity (Wildman–Crippen MR) is 99.3 cm³/mol.